The van der Waals surface area contributed by atoms with Gasteiger partial charge in [-0.3, -0.25) is 4.79 Å². The van der Waals surface area contributed by atoms with E-state index in [1.165, 1.54) is 0 Å². The highest BCUT2D eigenvalue weighted by atomic mass is 16.5. The zero-order valence-corrected chi connectivity index (χ0v) is 12.7. The second-order valence-corrected chi connectivity index (χ2v) is 4.81. The molecule has 23 heavy (non-hydrogen) atoms. The van der Waals surface area contributed by atoms with E-state index in [9.17, 15) is 4.79 Å². The van der Waals surface area contributed by atoms with Crippen LogP contribution in [0.3, 0.4) is 0 Å². The Hall–Kier alpha value is -3.17. The van der Waals surface area contributed by atoms with E-state index in [4.69, 9.17) is 17.6 Å². The first kappa shape index (κ1) is 16.2. The van der Waals surface area contributed by atoms with Crippen molar-refractivity contribution in [2.45, 2.75) is 6.42 Å². The molecule has 0 aromatic heterocycles. The molecule has 1 amide bonds. The lowest BCUT2D eigenvalue weighted by Gasteiger charge is -2.11. The topological polar surface area (TPSA) is 38.3 Å². The molecule has 0 spiro atoms. The highest BCUT2D eigenvalue weighted by Gasteiger charge is 2.11. The fraction of sp³-hybridized carbons (Fsp3) is 0.150. The molecule has 0 radical (unpaired) electrons. The van der Waals surface area contributed by atoms with Gasteiger partial charge in [0.2, 0.25) is 0 Å². The summed E-state index contributed by atoms with van der Waals surface area (Å²) in [5.41, 5.74) is 2.06. The lowest BCUT2D eigenvalue weighted by molar-refractivity contribution is 0.0957. The van der Waals surface area contributed by atoms with Crippen molar-refractivity contribution in [3.63, 3.8) is 0 Å². The summed E-state index contributed by atoms with van der Waals surface area (Å²) in [5.74, 6) is 5.49. The number of rotatable bonds is 6. The lowest BCUT2D eigenvalue weighted by atomic mass is 10.0. The van der Waals surface area contributed by atoms with Crippen LogP contribution >= 0.6 is 0 Å². The molecule has 114 valence electrons. The minimum absolute atomic E-state index is 0.180. The van der Waals surface area contributed by atoms with E-state index in [0.717, 1.165) is 11.3 Å². The van der Waals surface area contributed by atoms with Crippen LogP contribution < -0.4 is 10.1 Å². The third-order valence-corrected chi connectivity index (χ3v) is 3.26. The summed E-state index contributed by atoms with van der Waals surface area (Å²) in [6, 6.07) is 14.9. The van der Waals surface area contributed by atoms with Crippen molar-refractivity contribution in [3.8, 4) is 30.4 Å². The van der Waals surface area contributed by atoms with Crippen LogP contribution in [0.1, 0.15) is 21.5 Å². The van der Waals surface area contributed by atoms with Gasteiger partial charge in [0.25, 0.3) is 5.91 Å². The monoisotopic (exact) mass is 303 g/mol. The van der Waals surface area contributed by atoms with Gasteiger partial charge in [0.15, 0.2) is 0 Å². The van der Waals surface area contributed by atoms with Gasteiger partial charge in [-0.05, 0) is 29.8 Å². The number of hydrogen-bond acceptors (Lipinski definition) is 2. The first-order valence-corrected chi connectivity index (χ1v) is 7.23. The Labute approximate surface area is 136 Å². The van der Waals surface area contributed by atoms with Crippen molar-refractivity contribution in [3.05, 3.63) is 65.2 Å². The summed E-state index contributed by atoms with van der Waals surface area (Å²) in [5, 5.41) is 2.66. The van der Waals surface area contributed by atoms with Crippen LogP contribution in [0, 0.1) is 24.7 Å². The molecule has 2 aromatic carbocycles. The van der Waals surface area contributed by atoms with Crippen LogP contribution in [-0.4, -0.2) is 19.1 Å². The first-order valence-electron chi connectivity index (χ1n) is 7.23. The van der Waals surface area contributed by atoms with E-state index in [1.54, 1.807) is 6.07 Å². The number of benzene rings is 2. The largest absolute Gasteiger partial charge is 0.493 e. The summed E-state index contributed by atoms with van der Waals surface area (Å²) in [6.45, 7) is 0.647. The smallest absolute Gasteiger partial charge is 0.252 e. The van der Waals surface area contributed by atoms with Crippen molar-refractivity contribution in [2.75, 3.05) is 13.2 Å². The van der Waals surface area contributed by atoms with Gasteiger partial charge in [0, 0.05) is 17.5 Å². The van der Waals surface area contributed by atoms with Crippen molar-refractivity contribution >= 4 is 5.91 Å². The van der Waals surface area contributed by atoms with Crippen molar-refractivity contribution in [1.29, 1.82) is 0 Å². The number of terminal acetylenes is 2. The SMILES string of the molecule is C#CCNC(=O)c1cc(C#C)ccc1CCOc1ccccc1. The molecule has 2 aromatic rings. The number of carbonyl (C=O) groups is 1. The lowest BCUT2D eigenvalue weighted by Crippen LogP contribution is -2.25. The molecule has 0 atom stereocenters. The minimum Gasteiger partial charge on any atom is -0.493 e. The quantitative estimate of drug-likeness (QED) is 0.833. The molecule has 0 aliphatic rings. The molecule has 0 unspecified atom stereocenters. The molecular formula is C20H17NO2. The standard InChI is InChI=1S/C20H17NO2/c1-3-13-21-20(22)19-15-16(4-2)10-11-17(19)12-14-23-18-8-6-5-7-9-18/h1-2,5-11,15H,12-14H2,(H,21,22). The summed E-state index contributed by atoms with van der Waals surface area (Å²) < 4.78 is 5.68. The molecule has 0 heterocycles. The zero-order valence-electron chi connectivity index (χ0n) is 12.7. The predicted molar refractivity (Wildman–Crippen MR) is 91.2 cm³/mol. The number of nitrogens with one attached hydrogen (secondary N) is 1. The van der Waals surface area contributed by atoms with Gasteiger partial charge in [-0.15, -0.1) is 12.8 Å². The molecule has 0 fully saturated rings. The van der Waals surface area contributed by atoms with Crippen molar-refractivity contribution < 1.29 is 9.53 Å². The zero-order chi connectivity index (χ0) is 16.5. The summed E-state index contributed by atoms with van der Waals surface area (Å²) in [6.07, 6.45) is 11.2. The molecule has 0 aliphatic carbocycles. The van der Waals surface area contributed by atoms with Crippen molar-refractivity contribution in [1.82, 2.24) is 5.32 Å². The highest BCUT2D eigenvalue weighted by Crippen LogP contribution is 2.14. The number of carbonyl (C=O) groups excluding carboxylic acids is 1. The average Bonchev–Trinajstić information content (AvgIpc) is 2.60. The molecular weight excluding hydrogens is 286 g/mol. The first-order chi connectivity index (χ1) is 11.2. The van der Waals surface area contributed by atoms with Gasteiger partial charge >= 0.3 is 0 Å². The number of ether oxygens (including phenoxy) is 1. The van der Waals surface area contributed by atoms with Gasteiger partial charge < -0.3 is 10.1 Å². The van der Waals surface area contributed by atoms with Crippen LogP contribution in [0.5, 0.6) is 5.75 Å². The minimum atomic E-state index is -0.227. The van der Waals surface area contributed by atoms with E-state index in [0.29, 0.717) is 24.2 Å². The maximum Gasteiger partial charge on any atom is 0.252 e. The molecule has 0 bridgehead atoms. The Morgan fingerprint density at radius 2 is 1.91 bits per heavy atom. The fourth-order valence-electron chi connectivity index (χ4n) is 2.12. The predicted octanol–water partition coefficient (Wildman–Crippen LogP) is 2.65. The van der Waals surface area contributed by atoms with Gasteiger partial charge in [-0.2, -0.15) is 0 Å². The molecule has 3 nitrogen and oxygen atoms in total. The average molecular weight is 303 g/mol. The van der Waals surface area contributed by atoms with Gasteiger partial charge in [0.1, 0.15) is 5.75 Å². The van der Waals surface area contributed by atoms with Gasteiger partial charge in [-0.25, -0.2) is 0 Å². The summed E-state index contributed by atoms with van der Waals surface area (Å²) >= 11 is 0. The van der Waals surface area contributed by atoms with E-state index in [1.807, 2.05) is 42.5 Å². The maximum absolute atomic E-state index is 12.2. The van der Waals surface area contributed by atoms with Crippen molar-refractivity contribution in [2.24, 2.45) is 0 Å². The third kappa shape index (κ3) is 4.66. The van der Waals surface area contributed by atoms with E-state index in [2.05, 4.69) is 17.2 Å². The third-order valence-electron chi connectivity index (χ3n) is 3.26. The Bertz CT molecular complexity index is 751. The Morgan fingerprint density at radius 1 is 1.13 bits per heavy atom. The second-order valence-electron chi connectivity index (χ2n) is 4.81. The molecule has 0 saturated heterocycles. The molecule has 3 heteroatoms. The van der Waals surface area contributed by atoms with Gasteiger partial charge in [0.05, 0.1) is 13.2 Å². The van der Waals surface area contributed by atoms with E-state index in [-0.39, 0.29) is 12.5 Å². The molecule has 1 N–H and O–H groups in total. The molecule has 2 rings (SSSR count). The molecule has 0 saturated carbocycles. The second kappa shape index (κ2) is 8.32. The number of para-hydroxylation sites is 1. The number of amides is 1. The Balaban J connectivity index is 2.09. The van der Waals surface area contributed by atoms with Gasteiger partial charge in [-0.1, -0.05) is 36.1 Å². The van der Waals surface area contributed by atoms with Crippen LogP contribution in [0.4, 0.5) is 0 Å². The maximum atomic E-state index is 12.2. The molecule has 0 aliphatic heterocycles. The normalized spacial score (nSPS) is 9.48. The Morgan fingerprint density at radius 3 is 2.61 bits per heavy atom. The fourth-order valence-corrected chi connectivity index (χ4v) is 2.12. The van der Waals surface area contributed by atoms with Crippen LogP contribution in [-0.2, 0) is 6.42 Å². The number of hydrogen-bond donors (Lipinski definition) is 1. The van der Waals surface area contributed by atoms with Crippen LogP contribution in [0.15, 0.2) is 48.5 Å². The Kier molecular flexibility index (Phi) is 5.86. The van der Waals surface area contributed by atoms with E-state index < -0.39 is 0 Å². The summed E-state index contributed by atoms with van der Waals surface area (Å²) in [4.78, 5) is 12.2. The van der Waals surface area contributed by atoms with Crippen LogP contribution in [0.2, 0.25) is 0 Å². The van der Waals surface area contributed by atoms with E-state index >= 15 is 0 Å². The van der Waals surface area contributed by atoms with Crippen LogP contribution in [0.25, 0.3) is 0 Å². The highest BCUT2D eigenvalue weighted by molar-refractivity contribution is 5.96. The summed E-state index contributed by atoms with van der Waals surface area (Å²) in [7, 11) is 0.